The number of rotatable bonds is 8. The maximum atomic E-state index is 13.3. The lowest BCUT2D eigenvalue weighted by molar-refractivity contribution is -0.141. The first-order chi connectivity index (χ1) is 17.3. The van der Waals surface area contributed by atoms with Crippen molar-refractivity contribution in [2.45, 2.75) is 51.9 Å². The number of nitrogens with one attached hydrogen (secondary N) is 2. The maximum Gasteiger partial charge on any atom is 0.433 e. The summed E-state index contributed by atoms with van der Waals surface area (Å²) < 4.78 is 50.8. The van der Waals surface area contributed by atoms with E-state index in [0.29, 0.717) is 10.9 Å². The third-order valence-corrected chi connectivity index (χ3v) is 6.34. The van der Waals surface area contributed by atoms with Gasteiger partial charge in [0.05, 0.1) is 13.2 Å². The Bertz CT molecular complexity index is 1350. The van der Waals surface area contributed by atoms with E-state index in [9.17, 15) is 22.8 Å². The summed E-state index contributed by atoms with van der Waals surface area (Å²) in [5, 5.41) is 5.90. The highest BCUT2D eigenvalue weighted by Gasteiger charge is 2.45. The van der Waals surface area contributed by atoms with Gasteiger partial charge < -0.3 is 25.5 Å². The van der Waals surface area contributed by atoms with Gasteiger partial charge in [-0.15, -0.1) is 0 Å². The largest absolute Gasteiger partial charge is 0.494 e. The summed E-state index contributed by atoms with van der Waals surface area (Å²) in [4.78, 5) is 33.3. The molecule has 3 aromatic rings. The number of nitrogens with two attached hydrogens (primary N) is 1. The highest BCUT2D eigenvalue weighted by atomic mass is 19.4. The Kier molecular flexibility index (Phi) is 6.89. The van der Waals surface area contributed by atoms with Gasteiger partial charge in [-0.1, -0.05) is 6.92 Å². The molecule has 0 spiro atoms. The Morgan fingerprint density at radius 2 is 1.89 bits per heavy atom. The van der Waals surface area contributed by atoms with Crippen LogP contribution in [0.25, 0.3) is 22.4 Å². The van der Waals surface area contributed by atoms with Crippen LogP contribution in [0.4, 0.5) is 13.2 Å². The molecule has 1 aliphatic carbocycles. The number of hydrogen-bond donors (Lipinski definition) is 3. The molecule has 1 aliphatic rings. The zero-order valence-electron chi connectivity index (χ0n) is 20.8. The molecule has 2 amide bonds. The molecule has 2 aromatic heterocycles. The summed E-state index contributed by atoms with van der Waals surface area (Å²) in [6.45, 7) is 5.43. The number of ether oxygens (including phenoxy) is 1. The van der Waals surface area contributed by atoms with Crippen LogP contribution in [-0.2, 0) is 11.0 Å². The Morgan fingerprint density at radius 3 is 2.49 bits per heavy atom. The van der Waals surface area contributed by atoms with E-state index < -0.39 is 23.8 Å². The summed E-state index contributed by atoms with van der Waals surface area (Å²) in [5.74, 6) is -0.370. The average Bonchev–Trinajstić information content (AvgIpc) is 3.44. The average molecular weight is 520 g/mol. The first-order valence-electron chi connectivity index (χ1n) is 11.7. The first-order valence-corrected chi connectivity index (χ1v) is 11.7. The van der Waals surface area contributed by atoms with Crippen LogP contribution in [0, 0.1) is 5.41 Å². The van der Waals surface area contributed by atoms with Crippen molar-refractivity contribution in [3.8, 4) is 17.2 Å². The number of methoxy groups -OCH3 is 1. The van der Waals surface area contributed by atoms with E-state index in [2.05, 4.69) is 20.6 Å². The number of aromatic nitrogens is 2. The van der Waals surface area contributed by atoms with Gasteiger partial charge >= 0.3 is 6.18 Å². The second-order valence-electron chi connectivity index (χ2n) is 9.57. The summed E-state index contributed by atoms with van der Waals surface area (Å²) in [6.07, 6.45) is -2.96. The monoisotopic (exact) mass is 519 g/mol. The first kappa shape index (κ1) is 26.4. The molecule has 37 heavy (non-hydrogen) atoms. The van der Waals surface area contributed by atoms with Gasteiger partial charge in [-0.25, -0.2) is 9.97 Å². The number of carbonyl (C=O) groups is 2. The number of oxazole rings is 1. The number of alkyl halides is 3. The fourth-order valence-corrected chi connectivity index (χ4v) is 3.81. The van der Waals surface area contributed by atoms with Gasteiger partial charge in [0.2, 0.25) is 11.8 Å². The van der Waals surface area contributed by atoms with E-state index in [-0.39, 0.29) is 52.5 Å². The third-order valence-electron chi connectivity index (χ3n) is 6.34. The molecule has 1 saturated carbocycles. The molecule has 0 radical (unpaired) electrons. The van der Waals surface area contributed by atoms with Crippen molar-refractivity contribution in [1.29, 1.82) is 0 Å². The number of amides is 2. The van der Waals surface area contributed by atoms with Crippen LogP contribution >= 0.6 is 0 Å². The molecular weight excluding hydrogens is 491 g/mol. The number of halogens is 3. The molecule has 2 atom stereocenters. The van der Waals surface area contributed by atoms with E-state index in [1.165, 1.54) is 19.2 Å². The van der Waals surface area contributed by atoms with E-state index >= 15 is 0 Å². The standard InChI is InChI=1S/C25H28F3N5O4/c1-12(31-23(35)24(3)9-10-24)11-30-21(34)19-20(13(2)29)37-22(33-19)15-5-7-16(36-4)18-14(15)6-8-17(32-18)25(26,27)28/h5-8,12-13H,9-11,29H2,1-4H3,(H,30,34)(H,31,35)/t12-,13+/m1/s1. The minimum atomic E-state index is -4.64. The molecule has 4 N–H and O–H groups in total. The smallest absolute Gasteiger partial charge is 0.433 e. The molecule has 198 valence electrons. The molecule has 9 nitrogen and oxygen atoms in total. The second-order valence-corrected chi connectivity index (χ2v) is 9.57. The zero-order valence-corrected chi connectivity index (χ0v) is 20.8. The lowest BCUT2D eigenvalue weighted by Crippen LogP contribution is -2.44. The Balaban J connectivity index is 1.63. The molecule has 0 saturated heterocycles. The quantitative estimate of drug-likeness (QED) is 0.410. The fraction of sp³-hybridized carbons (Fsp3) is 0.440. The van der Waals surface area contributed by atoms with Gasteiger partial charge in [0.1, 0.15) is 17.0 Å². The van der Waals surface area contributed by atoms with Gasteiger partial charge in [-0.3, -0.25) is 9.59 Å². The normalized spacial score (nSPS) is 16.2. The minimum absolute atomic E-state index is 0.00493. The molecule has 12 heteroatoms. The van der Waals surface area contributed by atoms with E-state index in [1.54, 1.807) is 19.9 Å². The summed E-state index contributed by atoms with van der Waals surface area (Å²) in [5.41, 5.74) is 4.84. The molecule has 4 rings (SSSR count). The lowest BCUT2D eigenvalue weighted by Gasteiger charge is -2.17. The van der Waals surface area contributed by atoms with Crippen molar-refractivity contribution >= 4 is 22.7 Å². The van der Waals surface area contributed by atoms with Crippen molar-refractivity contribution in [3.63, 3.8) is 0 Å². The minimum Gasteiger partial charge on any atom is -0.494 e. The van der Waals surface area contributed by atoms with Gasteiger partial charge in [-0.2, -0.15) is 13.2 Å². The van der Waals surface area contributed by atoms with Crippen molar-refractivity contribution in [2.75, 3.05) is 13.7 Å². The summed E-state index contributed by atoms with van der Waals surface area (Å²) in [6, 6.07) is 4.09. The third kappa shape index (κ3) is 5.38. The molecular formula is C25H28F3N5O4. The van der Waals surface area contributed by atoms with Crippen molar-refractivity contribution in [3.05, 3.63) is 41.4 Å². The zero-order chi connectivity index (χ0) is 27.1. The molecule has 2 heterocycles. The van der Waals surface area contributed by atoms with Crippen LogP contribution in [0.3, 0.4) is 0 Å². The Labute approximate surface area is 211 Å². The highest BCUT2D eigenvalue weighted by Crippen LogP contribution is 2.45. The van der Waals surface area contributed by atoms with Crippen LogP contribution in [0.2, 0.25) is 0 Å². The molecule has 0 bridgehead atoms. The summed E-state index contributed by atoms with van der Waals surface area (Å²) in [7, 11) is 1.33. The van der Waals surface area contributed by atoms with Gasteiger partial charge in [0.25, 0.3) is 5.91 Å². The summed E-state index contributed by atoms with van der Waals surface area (Å²) >= 11 is 0. The molecule has 0 unspecified atom stereocenters. The predicted molar refractivity (Wildman–Crippen MR) is 129 cm³/mol. The van der Waals surface area contributed by atoms with Gasteiger partial charge in [0, 0.05) is 29.0 Å². The number of benzene rings is 1. The number of pyridine rings is 1. The Hall–Kier alpha value is -3.67. The predicted octanol–water partition coefficient (Wildman–Crippen LogP) is 3.97. The van der Waals surface area contributed by atoms with Crippen LogP contribution in [-0.4, -0.2) is 41.5 Å². The topological polar surface area (TPSA) is 132 Å². The van der Waals surface area contributed by atoms with Crippen LogP contribution < -0.4 is 21.1 Å². The van der Waals surface area contributed by atoms with Crippen molar-refractivity contribution in [1.82, 2.24) is 20.6 Å². The molecule has 1 aromatic carbocycles. The van der Waals surface area contributed by atoms with Crippen LogP contribution in [0.1, 0.15) is 61.6 Å². The number of carbonyl (C=O) groups excluding carboxylic acids is 2. The van der Waals surface area contributed by atoms with Crippen molar-refractivity contribution in [2.24, 2.45) is 11.1 Å². The van der Waals surface area contributed by atoms with Crippen molar-refractivity contribution < 1.29 is 31.9 Å². The Morgan fingerprint density at radius 1 is 1.19 bits per heavy atom. The number of fused-ring (bicyclic) bond motifs is 1. The van der Waals surface area contributed by atoms with Gasteiger partial charge in [-0.05, 0) is 51.0 Å². The van der Waals surface area contributed by atoms with Crippen LogP contribution in [0.5, 0.6) is 5.75 Å². The molecule has 1 fully saturated rings. The van der Waals surface area contributed by atoms with Crippen LogP contribution in [0.15, 0.2) is 28.7 Å². The SMILES string of the molecule is COc1ccc(-c2nc(C(=O)NC[C@@H](C)NC(=O)C3(C)CC3)c([C@H](C)N)o2)c2ccc(C(F)(F)F)nc12. The maximum absolute atomic E-state index is 13.3. The highest BCUT2D eigenvalue weighted by molar-refractivity contribution is 5.98. The van der Waals surface area contributed by atoms with E-state index in [0.717, 1.165) is 18.9 Å². The number of hydrogen-bond acceptors (Lipinski definition) is 7. The van der Waals surface area contributed by atoms with Gasteiger partial charge in [0.15, 0.2) is 11.5 Å². The second kappa shape index (κ2) is 9.66. The number of nitrogens with zero attached hydrogens (tertiary/aromatic N) is 2. The van der Waals surface area contributed by atoms with E-state index in [4.69, 9.17) is 14.9 Å². The fourth-order valence-electron chi connectivity index (χ4n) is 3.81. The molecule has 0 aliphatic heterocycles. The lowest BCUT2D eigenvalue weighted by atomic mass is 10.1. The van der Waals surface area contributed by atoms with E-state index in [1.807, 2.05) is 6.92 Å².